The van der Waals surface area contributed by atoms with Crippen molar-refractivity contribution >= 4 is 35.0 Å². The van der Waals surface area contributed by atoms with E-state index in [0.717, 1.165) is 0 Å². The molecule has 7 heteroatoms. The van der Waals surface area contributed by atoms with Crippen molar-refractivity contribution in [2.24, 2.45) is 0 Å². The zero-order chi connectivity index (χ0) is 17.7. The summed E-state index contributed by atoms with van der Waals surface area (Å²) in [5.41, 5.74) is 1.44. The second-order valence-electron chi connectivity index (χ2n) is 4.93. The summed E-state index contributed by atoms with van der Waals surface area (Å²) in [7, 11) is 0. The van der Waals surface area contributed by atoms with Crippen LogP contribution in [0.15, 0.2) is 48.0 Å². The average Bonchev–Trinajstić information content (AvgIpc) is 2.55. The van der Waals surface area contributed by atoms with E-state index in [9.17, 15) is 20.2 Å². The summed E-state index contributed by atoms with van der Waals surface area (Å²) in [6.45, 7) is 1.64. The number of non-ortho nitro benzene ring substituents is 1. The fourth-order valence-corrected chi connectivity index (χ4v) is 2.09. The number of hydrogen-bond acceptors (Lipinski definition) is 4. The van der Waals surface area contributed by atoms with Crippen molar-refractivity contribution in [3.05, 3.63) is 74.3 Å². The molecule has 0 fully saturated rings. The fourth-order valence-electron chi connectivity index (χ4n) is 1.97. The summed E-state index contributed by atoms with van der Waals surface area (Å²) >= 11 is 5.79. The largest absolute Gasteiger partial charge is 0.321 e. The molecule has 0 spiro atoms. The van der Waals surface area contributed by atoms with E-state index < -0.39 is 10.8 Å². The quantitative estimate of drug-likeness (QED) is 0.392. The van der Waals surface area contributed by atoms with Crippen LogP contribution in [0.1, 0.15) is 11.1 Å². The monoisotopic (exact) mass is 341 g/mol. The number of benzene rings is 2. The Kier molecular flexibility index (Phi) is 5.30. The summed E-state index contributed by atoms with van der Waals surface area (Å²) in [6, 6.07) is 12.6. The molecule has 0 unspecified atom stereocenters. The Bertz CT molecular complexity index is 868. The van der Waals surface area contributed by atoms with E-state index in [1.807, 2.05) is 6.07 Å². The first-order valence-corrected chi connectivity index (χ1v) is 7.22. The van der Waals surface area contributed by atoms with Gasteiger partial charge in [0.05, 0.1) is 4.92 Å². The lowest BCUT2D eigenvalue weighted by molar-refractivity contribution is -0.384. The third kappa shape index (κ3) is 4.18. The number of carbonyl (C=O) groups is 1. The summed E-state index contributed by atoms with van der Waals surface area (Å²) in [5, 5.41) is 23.0. The number of nitrogens with one attached hydrogen (secondary N) is 1. The van der Waals surface area contributed by atoms with E-state index in [1.165, 1.54) is 24.3 Å². The predicted molar refractivity (Wildman–Crippen MR) is 91.5 cm³/mol. The van der Waals surface area contributed by atoms with Gasteiger partial charge in [0.15, 0.2) is 0 Å². The van der Waals surface area contributed by atoms with Crippen molar-refractivity contribution in [3.63, 3.8) is 0 Å². The maximum absolute atomic E-state index is 12.2. The number of amides is 1. The Morgan fingerprint density at radius 3 is 2.50 bits per heavy atom. The number of aryl methyl sites for hydroxylation is 1. The molecule has 120 valence electrons. The number of hydrogen-bond donors (Lipinski definition) is 1. The number of nitrogens with zero attached hydrogens (tertiary/aromatic N) is 2. The van der Waals surface area contributed by atoms with Gasteiger partial charge in [-0.1, -0.05) is 23.7 Å². The van der Waals surface area contributed by atoms with Crippen LogP contribution in [-0.2, 0) is 4.79 Å². The molecule has 0 aliphatic rings. The van der Waals surface area contributed by atoms with E-state index >= 15 is 0 Å². The van der Waals surface area contributed by atoms with Gasteiger partial charge in [0, 0.05) is 22.8 Å². The number of nitriles is 1. The Morgan fingerprint density at radius 2 is 1.96 bits per heavy atom. The molecule has 0 heterocycles. The van der Waals surface area contributed by atoms with Gasteiger partial charge >= 0.3 is 0 Å². The normalized spacial score (nSPS) is 10.8. The van der Waals surface area contributed by atoms with E-state index in [4.69, 9.17) is 11.6 Å². The van der Waals surface area contributed by atoms with Gasteiger partial charge in [-0.15, -0.1) is 0 Å². The zero-order valence-corrected chi connectivity index (χ0v) is 13.4. The van der Waals surface area contributed by atoms with E-state index in [1.54, 1.807) is 31.2 Å². The third-order valence-corrected chi connectivity index (χ3v) is 3.47. The number of nitro benzene ring substituents is 1. The third-order valence-electron chi connectivity index (χ3n) is 3.22. The number of carbonyl (C=O) groups excluding carboxylic acids is 1. The van der Waals surface area contributed by atoms with Crippen LogP contribution in [0.4, 0.5) is 11.4 Å². The second kappa shape index (κ2) is 7.40. The smallest absolute Gasteiger partial charge is 0.269 e. The minimum absolute atomic E-state index is 0.0669. The van der Waals surface area contributed by atoms with Crippen molar-refractivity contribution in [1.29, 1.82) is 5.26 Å². The molecule has 0 aliphatic carbocycles. The first kappa shape index (κ1) is 17.2. The number of halogens is 1. The lowest BCUT2D eigenvalue weighted by Crippen LogP contribution is -2.14. The molecule has 0 saturated carbocycles. The summed E-state index contributed by atoms with van der Waals surface area (Å²) in [4.78, 5) is 22.4. The van der Waals surface area contributed by atoms with Crippen LogP contribution in [0.5, 0.6) is 0 Å². The van der Waals surface area contributed by atoms with Crippen LogP contribution in [0.25, 0.3) is 6.08 Å². The molecule has 2 aromatic rings. The highest BCUT2D eigenvalue weighted by molar-refractivity contribution is 6.30. The predicted octanol–water partition coefficient (Wildman–Crippen LogP) is 4.10. The maximum Gasteiger partial charge on any atom is 0.269 e. The standard InChI is InChI=1S/C17H12ClN3O3/c1-11-8-15(21(23)24)6-7-16(11)20-17(22)13(10-19)9-12-2-4-14(18)5-3-12/h2-9H,1H3,(H,20,22). The molecule has 0 aliphatic heterocycles. The number of nitro groups is 1. The molecule has 24 heavy (non-hydrogen) atoms. The minimum Gasteiger partial charge on any atom is -0.321 e. The van der Waals surface area contributed by atoms with Crippen molar-refractivity contribution in [2.75, 3.05) is 5.32 Å². The van der Waals surface area contributed by atoms with Gasteiger partial charge < -0.3 is 5.32 Å². The van der Waals surface area contributed by atoms with Crippen molar-refractivity contribution in [3.8, 4) is 6.07 Å². The highest BCUT2D eigenvalue weighted by Gasteiger charge is 2.13. The van der Waals surface area contributed by atoms with Gasteiger partial charge in [-0.2, -0.15) is 5.26 Å². The molecule has 2 aromatic carbocycles. The van der Waals surface area contributed by atoms with Crippen LogP contribution in [-0.4, -0.2) is 10.8 Å². The fraction of sp³-hybridized carbons (Fsp3) is 0.0588. The Labute approximate surface area is 143 Å². The highest BCUT2D eigenvalue weighted by atomic mass is 35.5. The van der Waals surface area contributed by atoms with Gasteiger partial charge in [-0.3, -0.25) is 14.9 Å². The Balaban J connectivity index is 2.22. The number of anilines is 1. The molecule has 0 saturated heterocycles. The second-order valence-corrected chi connectivity index (χ2v) is 5.37. The summed E-state index contributed by atoms with van der Waals surface area (Å²) < 4.78 is 0. The van der Waals surface area contributed by atoms with Crippen molar-refractivity contribution < 1.29 is 9.72 Å². The molecule has 0 aromatic heterocycles. The summed E-state index contributed by atoms with van der Waals surface area (Å²) in [6.07, 6.45) is 1.44. The van der Waals surface area contributed by atoms with Crippen molar-refractivity contribution in [2.45, 2.75) is 6.92 Å². The lowest BCUT2D eigenvalue weighted by Gasteiger charge is -2.07. The van der Waals surface area contributed by atoms with Crippen LogP contribution in [0.2, 0.25) is 5.02 Å². The molecule has 0 atom stereocenters. The van der Waals surface area contributed by atoms with Gasteiger partial charge in [-0.05, 0) is 42.3 Å². The van der Waals surface area contributed by atoms with Crippen LogP contribution < -0.4 is 5.32 Å². The molecular formula is C17H12ClN3O3. The van der Waals surface area contributed by atoms with Gasteiger partial charge in [0.25, 0.3) is 11.6 Å². The van der Waals surface area contributed by atoms with Crippen LogP contribution in [0.3, 0.4) is 0 Å². The molecule has 6 nitrogen and oxygen atoms in total. The van der Waals surface area contributed by atoms with Gasteiger partial charge in [0.1, 0.15) is 11.6 Å². The molecule has 1 N–H and O–H groups in total. The lowest BCUT2D eigenvalue weighted by atomic mass is 10.1. The van der Waals surface area contributed by atoms with Gasteiger partial charge in [0.2, 0.25) is 0 Å². The highest BCUT2D eigenvalue weighted by Crippen LogP contribution is 2.22. The van der Waals surface area contributed by atoms with E-state index in [2.05, 4.69) is 5.32 Å². The maximum atomic E-state index is 12.2. The first-order valence-electron chi connectivity index (χ1n) is 6.84. The first-order chi connectivity index (χ1) is 11.4. The topological polar surface area (TPSA) is 96.0 Å². The molecule has 1 amide bonds. The van der Waals surface area contributed by atoms with E-state index in [0.29, 0.717) is 21.8 Å². The van der Waals surface area contributed by atoms with E-state index in [-0.39, 0.29) is 11.3 Å². The number of rotatable bonds is 4. The Hall–Kier alpha value is -3.17. The minimum atomic E-state index is -0.593. The van der Waals surface area contributed by atoms with Gasteiger partial charge in [-0.25, -0.2) is 0 Å². The molecule has 0 radical (unpaired) electrons. The SMILES string of the molecule is Cc1cc([N+](=O)[O-])ccc1NC(=O)C(C#N)=Cc1ccc(Cl)cc1. The average molecular weight is 342 g/mol. The molecule has 0 bridgehead atoms. The van der Waals surface area contributed by atoms with Crippen molar-refractivity contribution in [1.82, 2.24) is 0 Å². The Morgan fingerprint density at radius 1 is 1.29 bits per heavy atom. The van der Waals surface area contributed by atoms with Crippen LogP contribution >= 0.6 is 11.6 Å². The molecule has 2 rings (SSSR count). The summed E-state index contributed by atoms with van der Waals surface area (Å²) in [5.74, 6) is -0.593. The molecular weight excluding hydrogens is 330 g/mol. The zero-order valence-electron chi connectivity index (χ0n) is 12.6. The van der Waals surface area contributed by atoms with Crippen LogP contribution in [0, 0.1) is 28.4 Å².